The Bertz CT molecular complexity index is 371. The van der Waals surface area contributed by atoms with Gasteiger partial charge in [-0.05, 0) is 50.8 Å². The molecule has 1 aromatic heterocycles. The molecule has 3 nitrogen and oxygen atoms in total. The highest BCUT2D eigenvalue weighted by molar-refractivity contribution is 9.13. The van der Waals surface area contributed by atoms with Gasteiger partial charge in [0.15, 0.2) is 0 Å². The fourth-order valence-corrected chi connectivity index (χ4v) is 4.38. The second-order valence-corrected chi connectivity index (χ2v) is 7.61. The van der Waals surface area contributed by atoms with Gasteiger partial charge in [-0.2, -0.15) is 0 Å². The first-order valence-corrected chi connectivity index (χ1v) is 7.90. The molecule has 17 heavy (non-hydrogen) atoms. The number of hydrogen-bond acceptors (Lipinski definition) is 4. The van der Waals surface area contributed by atoms with E-state index in [4.69, 9.17) is 10.5 Å². The van der Waals surface area contributed by atoms with Gasteiger partial charge in [0, 0.05) is 34.5 Å². The lowest BCUT2D eigenvalue weighted by Crippen LogP contribution is -2.41. The minimum atomic E-state index is -0.510. The summed E-state index contributed by atoms with van der Waals surface area (Å²) in [5.41, 5.74) is 5.65. The quantitative estimate of drug-likeness (QED) is 0.841. The molecular weight excluding hydrogens is 370 g/mol. The molecule has 1 aliphatic rings. The third kappa shape index (κ3) is 2.77. The van der Waals surface area contributed by atoms with Crippen LogP contribution in [0, 0.1) is 5.41 Å². The molecule has 1 fully saturated rings. The first-order chi connectivity index (χ1) is 8.09. The van der Waals surface area contributed by atoms with Crippen LogP contribution in [-0.2, 0) is 4.74 Å². The number of hydrogen-bond donors (Lipinski definition) is 2. The summed E-state index contributed by atoms with van der Waals surface area (Å²) in [6.07, 6.45) is 1.12. The molecule has 0 aromatic carbocycles. The number of aliphatic hydroxyl groups is 1. The molecule has 96 valence electrons. The van der Waals surface area contributed by atoms with E-state index < -0.39 is 6.10 Å². The van der Waals surface area contributed by atoms with Gasteiger partial charge in [-0.1, -0.05) is 0 Å². The van der Waals surface area contributed by atoms with Gasteiger partial charge in [0.2, 0.25) is 0 Å². The number of rotatable bonds is 3. The van der Waals surface area contributed by atoms with Crippen molar-refractivity contribution in [3.63, 3.8) is 0 Å². The number of aliphatic hydroxyl groups excluding tert-OH is 1. The number of halogens is 2. The largest absolute Gasteiger partial charge is 0.387 e. The standard InChI is InChI=1S/C11H15Br2NO2S/c12-7-5-8(17-10(7)13)9(15)11(6-14)1-3-16-4-2-11/h5,9,15H,1-4,6,14H2. The second-order valence-electron chi connectivity index (χ2n) is 4.35. The summed E-state index contributed by atoms with van der Waals surface area (Å²) in [7, 11) is 0. The van der Waals surface area contributed by atoms with Crippen LogP contribution < -0.4 is 5.73 Å². The SMILES string of the molecule is NCC1(C(O)c2cc(Br)c(Br)s2)CCOCC1. The smallest absolute Gasteiger partial charge is 0.0952 e. The molecule has 0 bridgehead atoms. The molecule has 2 rings (SSSR count). The van der Waals surface area contributed by atoms with E-state index in [2.05, 4.69) is 31.9 Å². The van der Waals surface area contributed by atoms with Crippen LogP contribution in [-0.4, -0.2) is 24.9 Å². The Hall–Kier alpha value is 0.540. The number of ether oxygens (including phenoxy) is 1. The lowest BCUT2D eigenvalue weighted by Gasteiger charge is -2.39. The van der Waals surface area contributed by atoms with Gasteiger partial charge < -0.3 is 15.6 Å². The summed E-state index contributed by atoms with van der Waals surface area (Å²) < 4.78 is 7.35. The molecule has 2 heterocycles. The summed E-state index contributed by atoms with van der Waals surface area (Å²) >= 11 is 8.45. The van der Waals surface area contributed by atoms with Crippen molar-refractivity contribution >= 4 is 43.2 Å². The molecule has 1 saturated heterocycles. The third-order valence-electron chi connectivity index (χ3n) is 3.41. The van der Waals surface area contributed by atoms with Crippen molar-refractivity contribution in [1.82, 2.24) is 0 Å². The lowest BCUT2D eigenvalue weighted by atomic mass is 9.75. The maximum Gasteiger partial charge on any atom is 0.0952 e. The Morgan fingerprint density at radius 3 is 2.59 bits per heavy atom. The molecule has 1 aromatic rings. The number of thiophene rings is 1. The zero-order valence-electron chi connectivity index (χ0n) is 9.29. The topological polar surface area (TPSA) is 55.5 Å². The van der Waals surface area contributed by atoms with E-state index in [-0.39, 0.29) is 5.41 Å². The van der Waals surface area contributed by atoms with Crippen LogP contribution >= 0.6 is 43.2 Å². The lowest BCUT2D eigenvalue weighted by molar-refractivity contribution is -0.0567. The van der Waals surface area contributed by atoms with Gasteiger partial charge >= 0.3 is 0 Å². The average Bonchev–Trinajstić information content (AvgIpc) is 2.69. The molecule has 0 aliphatic carbocycles. The van der Waals surface area contributed by atoms with Crippen molar-refractivity contribution in [1.29, 1.82) is 0 Å². The van der Waals surface area contributed by atoms with E-state index in [1.807, 2.05) is 6.07 Å². The Labute approximate surface area is 122 Å². The van der Waals surface area contributed by atoms with Crippen molar-refractivity contribution in [3.05, 3.63) is 19.2 Å². The van der Waals surface area contributed by atoms with Gasteiger partial charge in [-0.15, -0.1) is 11.3 Å². The molecule has 0 radical (unpaired) electrons. The maximum absolute atomic E-state index is 10.6. The van der Waals surface area contributed by atoms with E-state index in [0.29, 0.717) is 19.8 Å². The van der Waals surface area contributed by atoms with E-state index >= 15 is 0 Å². The van der Waals surface area contributed by atoms with Gasteiger partial charge in [0.25, 0.3) is 0 Å². The van der Waals surface area contributed by atoms with Crippen LogP contribution in [0.2, 0.25) is 0 Å². The van der Waals surface area contributed by atoms with Crippen molar-refractivity contribution in [3.8, 4) is 0 Å². The van der Waals surface area contributed by atoms with Crippen LogP contribution in [0.15, 0.2) is 14.3 Å². The molecule has 6 heteroatoms. The first-order valence-electron chi connectivity index (χ1n) is 5.50. The Balaban J connectivity index is 2.24. The summed E-state index contributed by atoms with van der Waals surface area (Å²) in [6, 6.07) is 1.96. The molecule has 1 atom stereocenters. The second kappa shape index (κ2) is 5.67. The summed E-state index contributed by atoms with van der Waals surface area (Å²) in [4.78, 5) is 0.955. The summed E-state index contributed by atoms with van der Waals surface area (Å²) in [5.74, 6) is 0. The Morgan fingerprint density at radius 1 is 1.47 bits per heavy atom. The third-order valence-corrected chi connectivity index (χ3v) is 6.72. The highest BCUT2D eigenvalue weighted by Gasteiger charge is 2.40. The zero-order chi connectivity index (χ0) is 12.5. The predicted octanol–water partition coefficient (Wildman–Crippen LogP) is 3.06. The fraction of sp³-hybridized carbons (Fsp3) is 0.636. The molecule has 0 saturated carbocycles. The van der Waals surface area contributed by atoms with Crippen LogP contribution in [0.5, 0.6) is 0 Å². The van der Waals surface area contributed by atoms with Gasteiger partial charge in [-0.25, -0.2) is 0 Å². The van der Waals surface area contributed by atoms with Crippen molar-refractivity contribution in [2.24, 2.45) is 11.1 Å². The molecule has 0 amide bonds. The molecule has 3 N–H and O–H groups in total. The highest BCUT2D eigenvalue weighted by atomic mass is 79.9. The van der Waals surface area contributed by atoms with Crippen molar-refractivity contribution in [2.45, 2.75) is 18.9 Å². The zero-order valence-corrected chi connectivity index (χ0v) is 13.3. The molecule has 0 spiro atoms. The molecule has 1 unspecified atom stereocenters. The van der Waals surface area contributed by atoms with E-state index in [9.17, 15) is 5.11 Å². The fourth-order valence-electron chi connectivity index (χ4n) is 2.17. The predicted molar refractivity (Wildman–Crippen MR) is 76.2 cm³/mol. The average molecular weight is 385 g/mol. The Morgan fingerprint density at radius 2 is 2.12 bits per heavy atom. The molecule has 1 aliphatic heterocycles. The Kier molecular flexibility index (Phi) is 4.66. The minimum absolute atomic E-state index is 0.234. The minimum Gasteiger partial charge on any atom is -0.387 e. The normalized spacial score (nSPS) is 21.4. The summed E-state index contributed by atoms with van der Waals surface area (Å²) in [5, 5.41) is 10.6. The van der Waals surface area contributed by atoms with Gasteiger partial charge in [0.05, 0.1) is 9.89 Å². The van der Waals surface area contributed by atoms with Crippen LogP contribution in [0.3, 0.4) is 0 Å². The maximum atomic E-state index is 10.6. The van der Waals surface area contributed by atoms with Crippen LogP contribution in [0.1, 0.15) is 23.8 Å². The van der Waals surface area contributed by atoms with Crippen LogP contribution in [0.25, 0.3) is 0 Å². The van der Waals surface area contributed by atoms with Gasteiger partial charge in [0.1, 0.15) is 0 Å². The van der Waals surface area contributed by atoms with Crippen LogP contribution in [0.4, 0.5) is 0 Å². The van der Waals surface area contributed by atoms with Gasteiger partial charge in [-0.3, -0.25) is 0 Å². The van der Waals surface area contributed by atoms with Crippen molar-refractivity contribution < 1.29 is 9.84 Å². The monoisotopic (exact) mass is 383 g/mol. The molecular formula is C11H15Br2NO2S. The van der Waals surface area contributed by atoms with E-state index in [1.165, 1.54) is 0 Å². The first kappa shape index (κ1) is 14.0. The van der Waals surface area contributed by atoms with Crippen molar-refractivity contribution in [2.75, 3.05) is 19.8 Å². The summed E-state index contributed by atoms with van der Waals surface area (Å²) in [6.45, 7) is 1.86. The highest BCUT2D eigenvalue weighted by Crippen LogP contribution is 2.46. The van der Waals surface area contributed by atoms with E-state index in [0.717, 1.165) is 26.0 Å². The number of nitrogens with two attached hydrogens (primary N) is 1. The van der Waals surface area contributed by atoms with E-state index in [1.54, 1.807) is 11.3 Å².